The van der Waals surface area contributed by atoms with Crippen LogP contribution in [0.15, 0.2) is 30.3 Å². The number of carbonyl (C=O) groups excluding carboxylic acids is 1. The van der Waals surface area contributed by atoms with E-state index >= 15 is 0 Å². The maximum absolute atomic E-state index is 11.4. The van der Waals surface area contributed by atoms with E-state index in [2.05, 4.69) is 4.74 Å². The van der Waals surface area contributed by atoms with Crippen LogP contribution in [0.2, 0.25) is 0 Å². The summed E-state index contributed by atoms with van der Waals surface area (Å²) >= 11 is 0. The second-order valence-corrected chi connectivity index (χ2v) is 3.62. The van der Waals surface area contributed by atoms with Crippen molar-refractivity contribution in [1.82, 2.24) is 0 Å². The maximum atomic E-state index is 11.4. The summed E-state index contributed by atoms with van der Waals surface area (Å²) in [6, 6.07) is 7.65. The van der Waals surface area contributed by atoms with E-state index in [9.17, 15) is 9.90 Å². The zero-order valence-electron chi connectivity index (χ0n) is 8.43. The fraction of sp³-hybridized carbons (Fsp3) is 0.250. The molecule has 0 saturated heterocycles. The van der Waals surface area contributed by atoms with Crippen molar-refractivity contribution < 1.29 is 14.6 Å². The first kappa shape index (κ1) is 9.93. The Labute approximate surface area is 88.0 Å². The Morgan fingerprint density at radius 2 is 2.20 bits per heavy atom. The van der Waals surface area contributed by atoms with Gasteiger partial charge in [-0.05, 0) is 17.2 Å². The van der Waals surface area contributed by atoms with Gasteiger partial charge in [0.1, 0.15) is 0 Å². The molecule has 2 rings (SSSR count). The van der Waals surface area contributed by atoms with Crippen molar-refractivity contribution in [2.75, 3.05) is 7.11 Å². The van der Waals surface area contributed by atoms with E-state index < -0.39 is 11.6 Å². The predicted octanol–water partition coefficient (Wildman–Crippen LogP) is 1.16. The summed E-state index contributed by atoms with van der Waals surface area (Å²) in [6.45, 7) is 0. The first-order valence-corrected chi connectivity index (χ1v) is 4.74. The normalized spacial score (nSPS) is 23.3. The van der Waals surface area contributed by atoms with Crippen molar-refractivity contribution in [2.45, 2.75) is 12.0 Å². The molecule has 78 valence electrons. The molecule has 1 aliphatic rings. The SMILES string of the molecule is COC(=O)C1(O)C=Cc2ccccc2C1. The highest BCUT2D eigenvalue weighted by atomic mass is 16.5. The highest BCUT2D eigenvalue weighted by molar-refractivity contribution is 5.85. The van der Waals surface area contributed by atoms with Crippen LogP contribution in [-0.4, -0.2) is 23.8 Å². The molecule has 0 saturated carbocycles. The number of hydrogen-bond acceptors (Lipinski definition) is 3. The van der Waals surface area contributed by atoms with Crippen molar-refractivity contribution in [1.29, 1.82) is 0 Å². The van der Waals surface area contributed by atoms with Gasteiger partial charge in [0.25, 0.3) is 0 Å². The molecule has 1 aliphatic carbocycles. The van der Waals surface area contributed by atoms with Crippen LogP contribution in [0.4, 0.5) is 0 Å². The lowest BCUT2D eigenvalue weighted by molar-refractivity contribution is -0.157. The van der Waals surface area contributed by atoms with Gasteiger partial charge in [-0.2, -0.15) is 0 Å². The van der Waals surface area contributed by atoms with Gasteiger partial charge in [-0.3, -0.25) is 0 Å². The third kappa shape index (κ3) is 1.66. The summed E-state index contributed by atoms with van der Waals surface area (Å²) in [7, 11) is 1.27. The molecule has 0 fully saturated rings. The van der Waals surface area contributed by atoms with Crippen molar-refractivity contribution in [3.63, 3.8) is 0 Å². The standard InChI is InChI=1S/C12H12O3/c1-15-11(13)12(14)7-6-9-4-2-3-5-10(9)8-12/h2-7,14H,8H2,1H3. The van der Waals surface area contributed by atoms with Crippen molar-refractivity contribution in [2.24, 2.45) is 0 Å². The van der Waals surface area contributed by atoms with Crippen LogP contribution >= 0.6 is 0 Å². The predicted molar refractivity (Wildman–Crippen MR) is 56.1 cm³/mol. The van der Waals surface area contributed by atoms with E-state index in [0.29, 0.717) is 0 Å². The fourth-order valence-corrected chi connectivity index (χ4v) is 1.75. The van der Waals surface area contributed by atoms with Gasteiger partial charge < -0.3 is 9.84 Å². The van der Waals surface area contributed by atoms with E-state index in [1.54, 1.807) is 6.08 Å². The molecule has 1 atom stereocenters. The topological polar surface area (TPSA) is 46.5 Å². The summed E-state index contributed by atoms with van der Waals surface area (Å²) in [5.41, 5.74) is 0.474. The average Bonchev–Trinajstić information content (AvgIpc) is 2.27. The Balaban J connectivity index is 2.37. The van der Waals surface area contributed by atoms with E-state index in [1.807, 2.05) is 24.3 Å². The summed E-state index contributed by atoms with van der Waals surface area (Å²) in [5, 5.41) is 10.0. The lowest BCUT2D eigenvalue weighted by atomic mass is 9.86. The molecule has 0 bridgehead atoms. The van der Waals surface area contributed by atoms with Crippen LogP contribution in [0.1, 0.15) is 11.1 Å². The second kappa shape index (κ2) is 3.51. The van der Waals surface area contributed by atoms with Crippen molar-refractivity contribution >= 4 is 12.0 Å². The largest absolute Gasteiger partial charge is 0.467 e. The van der Waals surface area contributed by atoms with Crippen LogP contribution < -0.4 is 0 Å². The number of methoxy groups -OCH3 is 1. The first-order valence-electron chi connectivity index (χ1n) is 4.74. The number of carbonyl (C=O) groups is 1. The van der Waals surface area contributed by atoms with Crippen LogP contribution in [0.3, 0.4) is 0 Å². The van der Waals surface area contributed by atoms with Gasteiger partial charge in [-0.25, -0.2) is 4.79 Å². The quantitative estimate of drug-likeness (QED) is 0.698. The molecule has 1 aromatic rings. The van der Waals surface area contributed by atoms with Gasteiger partial charge >= 0.3 is 5.97 Å². The Morgan fingerprint density at radius 1 is 1.47 bits per heavy atom. The molecular formula is C12H12O3. The number of rotatable bonds is 1. The third-order valence-corrected chi connectivity index (χ3v) is 2.59. The van der Waals surface area contributed by atoms with Gasteiger partial charge in [0, 0.05) is 6.42 Å². The minimum absolute atomic E-state index is 0.270. The van der Waals surface area contributed by atoms with Gasteiger partial charge in [-0.1, -0.05) is 30.3 Å². The molecule has 1 N–H and O–H groups in total. The number of ether oxygens (including phenoxy) is 1. The minimum Gasteiger partial charge on any atom is -0.467 e. The maximum Gasteiger partial charge on any atom is 0.342 e. The monoisotopic (exact) mass is 204 g/mol. The number of hydrogen-bond donors (Lipinski definition) is 1. The zero-order chi connectivity index (χ0) is 10.9. The minimum atomic E-state index is -1.51. The summed E-state index contributed by atoms with van der Waals surface area (Å²) in [4.78, 5) is 11.4. The molecule has 1 unspecified atom stereocenters. The number of benzene rings is 1. The summed E-state index contributed by atoms with van der Waals surface area (Å²) in [6.07, 6.45) is 3.50. The lowest BCUT2D eigenvalue weighted by Crippen LogP contribution is -2.41. The van der Waals surface area contributed by atoms with Crippen molar-refractivity contribution in [3.05, 3.63) is 41.5 Å². The van der Waals surface area contributed by atoms with Crippen LogP contribution in [0, 0.1) is 0 Å². The van der Waals surface area contributed by atoms with Gasteiger partial charge in [0.05, 0.1) is 7.11 Å². The molecule has 3 heteroatoms. The van der Waals surface area contributed by atoms with Crippen LogP contribution in [0.5, 0.6) is 0 Å². The molecule has 0 amide bonds. The molecule has 0 radical (unpaired) electrons. The van der Waals surface area contributed by atoms with E-state index in [4.69, 9.17) is 0 Å². The summed E-state index contributed by atoms with van der Waals surface area (Å²) in [5.74, 6) is -0.617. The highest BCUT2D eigenvalue weighted by Gasteiger charge is 2.36. The highest BCUT2D eigenvalue weighted by Crippen LogP contribution is 2.26. The Kier molecular flexibility index (Phi) is 2.32. The Bertz CT molecular complexity index is 423. The third-order valence-electron chi connectivity index (χ3n) is 2.59. The Hall–Kier alpha value is -1.61. The van der Waals surface area contributed by atoms with E-state index in [-0.39, 0.29) is 6.42 Å². The summed E-state index contributed by atoms with van der Waals surface area (Å²) < 4.78 is 4.57. The van der Waals surface area contributed by atoms with Gasteiger partial charge in [-0.15, -0.1) is 0 Å². The lowest BCUT2D eigenvalue weighted by Gasteiger charge is -2.25. The Morgan fingerprint density at radius 3 is 2.93 bits per heavy atom. The number of aliphatic hydroxyl groups is 1. The molecule has 3 nitrogen and oxygen atoms in total. The first-order chi connectivity index (χ1) is 7.15. The van der Waals surface area contributed by atoms with Gasteiger partial charge in [0.2, 0.25) is 0 Å². The van der Waals surface area contributed by atoms with E-state index in [0.717, 1.165) is 11.1 Å². The molecule has 15 heavy (non-hydrogen) atoms. The van der Waals surface area contributed by atoms with Crippen LogP contribution in [0.25, 0.3) is 6.08 Å². The molecule has 1 aromatic carbocycles. The molecule has 0 spiro atoms. The fourth-order valence-electron chi connectivity index (χ4n) is 1.75. The molecular weight excluding hydrogens is 192 g/mol. The average molecular weight is 204 g/mol. The van der Waals surface area contributed by atoms with Gasteiger partial charge in [0.15, 0.2) is 5.60 Å². The number of fused-ring (bicyclic) bond motifs is 1. The number of esters is 1. The van der Waals surface area contributed by atoms with Crippen molar-refractivity contribution in [3.8, 4) is 0 Å². The molecule has 0 heterocycles. The van der Waals surface area contributed by atoms with E-state index in [1.165, 1.54) is 13.2 Å². The van der Waals surface area contributed by atoms with Crippen LogP contribution in [-0.2, 0) is 16.0 Å². The smallest absolute Gasteiger partial charge is 0.342 e. The molecule has 0 aliphatic heterocycles. The molecule has 0 aromatic heterocycles. The second-order valence-electron chi connectivity index (χ2n) is 3.62. The zero-order valence-corrected chi connectivity index (χ0v) is 8.43.